The SMILES string of the molecule is CCC(C)(C(=O)OCCOP(=O)(O)OCC[N+](C)(C)CC)C(C)(C)CC(C(=O)O)C(C)(C)C. The molecule has 0 bridgehead atoms. The van der Waals surface area contributed by atoms with E-state index in [2.05, 4.69) is 0 Å². The number of nitrogens with zero attached hydrogens (tertiary/aromatic N) is 1. The third kappa shape index (κ3) is 10.0. The van der Waals surface area contributed by atoms with Gasteiger partial charge in [-0.3, -0.25) is 18.6 Å². The number of phosphoric ester groups is 1. The molecule has 196 valence electrons. The van der Waals surface area contributed by atoms with Crippen molar-refractivity contribution >= 4 is 19.8 Å². The van der Waals surface area contributed by atoms with Gasteiger partial charge in [0.15, 0.2) is 0 Å². The number of hydrogen-bond donors (Lipinski definition) is 2. The molecule has 0 aromatic carbocycles. The summed E-state index contributed by atoms with van der Waals surface area (Å²) in [5.74, 6) is -2.02. The summed E-state index contributed by atoms with van der Waals surface area (Å²) in [7, 11) is -0.275. The van der Waals surface area contributed by atoms with Crippen LogP contribution >= 0.6 is 7.82 Å². The van der Waals surface area contributed by atoms with Crippen LogP contribution in [0.4, 0.5) is 0 Å². The highest BCUT2D eigenvalue weighted by atomic mass is 31.2. The van der Waals surface area contributed by atoms with Gasteiger partial charge in [0, 0.05) is 0 Å². The fourth-order valence-electron chi connectivity index (χ4n) is 3.44. The van der Waals surface area contributed by atoms with Crippen LogP contribution in [0.25, 0.3) is 0 Å². The van der Waals surface area contributed by atoms with Crippen molar-refractivity contribution in [2.45, 2.75) is 68.2 Å². The highest BCUT2D eigenvalue weighted by Gasteiger charge is 2.50. The van der Waals surface area contributed by atoms with E-state index in [0.29, 0.717) is 23.9 Å². The van der Waals surface area contributed by atoms with E-state index in [4.69, 9.17) is 13.8 Å². The summed E-state index contributed by atoms with van der Waals surface area (Å²) < 4.78 is 28.0. The van der Waals surface area contributed by atoms with Crippen LogP contribution in [0, 0.1) is 22.2 Å². The van der Waals surface area contributed by atoms with Gasteiger partial charge in [-0.25, -0.2) is 4.57 Å². The number of esters is 1. The van der Waals surface area contributed by atoms with E-state index in [1.807, 2.05) is 62.6 Å². The molecule has 0 aliphatic rings. The molecule has 0 aromatic heterocycles. The third-order valence-electron chi connectivity index (χ3n) is 7.09. The fourth-order valence-corrected chi connectivity index (χ4v) is 4.14. The maximum Gasteiger partial charge on any atom is 0.472 e. The summed E-state index contributed by atoms with van der Waals surface area (Å²) in [6, 6.07) is 0. The van der Waals surface area contributed by atoms with E-state index < -0.39 is 41.9 Å². The Balaban J connectivity index is 4.97. The Bertz CT molecular complexity index is 701. The average molecular weight is 497 g/mol. The zero-order chi connectivity index (χ0) is 26.3. The van der Waals surface area contributed by atoms with E-state index in [-0.39, 0.29) is 19.8 Å². The summed E-state index contributed by atoms with van der Waals surface area (Å²) in [6.07, 6.45) is 0.747. The average Bonchev–Trinajstić information content (AvgIpc) is 2.67. The number of carbonyl (C=O) groups is 2. The van der Waals surface area contributed by atoms with Gasteiger partial charge >= 0.3 is 19.8 Å². The van der Waals surface area contributed by atoms with Gasteiger partial charge in [0.2, 0.25) is 0 Å². The minimum absolute atomic E-state index is 0.0645. The van der Waals surface area contributed by atoms with Crippen molar-refractivity contribution in [3.8, 4) is 0 Å². The highest BCUT2D eigenvalue weighted by molar-refractivity contribution is 7.47. The number of rotatable bonds is 15. The van der Waals surface area contributed by atoms with Gasteiger partial charge in [-0.15, -0.1) is 0 Å². The first-order valence-electron chi connectivity index (χ1n) is 11.6. The molecule has 0 aromatic rings. The molecule has 3 atom stereocenters. The number of aliphatic carboxylic acids is 1. The molecule has 10 heteroatoms. The van der Waals surface area contributed by atoms with E-state index in [1.54, 1.807) is 6.92 Å². The Morgan fingerprint density at radius 2 is 1.48 bits per heavy atom. The van der Waals surface area contributed by atoms with Crippen LogP contribution in [0.5, 0.6) is 0 Å². The normalized spacial score (nSPS) is 17.7. The molecule has 0 heterocycles. The van der Waals surface area contributed by atoms with Gasteiger partial charge in [0.1, 0.15) is 19.8 Å². The van der Waals surface area contributed by atoms with Crippen molar-refractivity contribution in [2.24, 2.45) is 22.2 Å². The molecule has 0 fully saturated rings. The van der Waals surface area contributed by atoms with E-state index in [9.17, 15) is 24.2 Å². The summed E-state index contributed by atoms with van der Waals surface area (Å²) in [6.45, 7) is 16.0. The lowest BCUT2D eigenvalue weighted by atomic mass is 9.59. The topological polar surface area (TPSA) is 119 Å². The van der Waals surface area contributed by atoms with Crippen LogP contribution in [0.15, 0.2) is 0 Å². The molecule has 33 heavy (non-hydrogen) atoms. The second-order valence-corrected chi connectivity index (χ2v) is 12.7. The molecule has 0 spiro atoms. The number of carbonyl (C=O) groups excluding carboxylic acids is 1. The summed E-state index contributed by atoms with van der Waals surface area (Å²) in [4.78, 5) is 34.7. The number of carboxylic acid groups (broad SMARTS) is 1. The Morgan fingerprint density at radius 3 is 1.91 bits per heavy atom. The monoisotopic (exact) mass is 496 g/mol. The lowest BCUT2D eigenvalue weighted by Crippen LogP contribution is -2.46. The smallest absolute Gasteiger partial charge is 0.472 e. The Kier molecular flexibility index (Phi) is 11.8. The van der Waals surface area contributed by atoms with Crippen LogP contribution in [0.2, 0.25) is 0 Å². The Labute approximate surface area is 200 Å². The van der Waals surface area contributed by atoms with Crippen LogP contribution in [0.3, 0.4) is 0 Å². The zero-order valence-electron chi connectivity index (χ0n) is 22.3. The molecule has 0 amide bonds. The molecule has 0 saturated heterocycles. The third-order valence-corrected chi connectivity index (χ3v) is 8.11. The van der Waals surface area contributed by atoms with E-state index in [1.165, 1.54) is 0 Å². The first-order valence-corrected chi connectivity index (χ1v) is 13.1. The molecular weight excluding hydrogens is 449 g/mol. The van der Waals surface area contributed by atoms with Gasteiger partial charge in [0.25, 0.3) is 0 Å². The number of likely N-dealkylation sites (N-methyl/N-ethyl adjacent to an activating group) is 1. The predicted octanol–water partition coefficient (Wildman–Crippen LogP) is 4.34. The number of hydrogen-bond acceptors (Lipinski definition) is 6. The second kappa shape index (κ2) is 12.1. The first kappa shape index (κ1) is 32.0. The summed E-state index contributed by atoms with van der Waals surface area (Å²) in [5, 5.41) is 9.72. The lowest BCUT2D eigenvalue weighted by Gasteiger charge is -2.45. The molecule has 9 nitrogen and oxygen atoms in total. The van der Waals surface area contributed by atoms with Gasteiger partial charge in [-0.05, 0) is 37.5 Å². The first-order chi connectivity index (χ1) is 14.7. The molecule has 0 saturated carbocycles. The van der Waals surface area contributed by atoms with Crippen LogP contribution < -0.4 is 0 Å². The number of phosphoric acid groups is 1. The van der Waals surface area contributed by atoms with Crippen molar-refractivity contribution < 1.29 is 42.4 Å². The van der Waals surface area contributed by atoms with Crippen molar-refractivity contribution in [3.05, 3.63) is 0 Å². The predicted molar refractivity (Wildman–Crippen MR) is 128 cm³/mol. The van der Waals surface area contributed by atoms with Crippen molar-refractivity contribution in [1.82, 2.24) is 0 Å². The fraction of sp³-hybridized carbons (Fsp3) is 0.913. The Hall–Kier alpha value is -0.990. The maximum atomic E-state index is 13.0. The summed E-state index contributed by atoms with van der Waals surface area (Å²) >= 11 is 0. The van der Waals surface area contributed by atoms with Gasteiger partial charge < -0.3 is 19.2 Å². The second-order valence-electron chi connectivity index (χ2n) is 11.3. The van der Waals surface area contributed by atoms with E-state index in [0.717, 1.165) is 6.54 Å². The van der Waals surface area contributed by atoms with Crippen LogP contribution in [0.1, 0.15) is 68.2 Å². The largest absolute Gasteiger partial charge is 0.481 e. The van der Waals surface area contributed by atoms with Gasteiger partial charge in [0.05, 0.1) is 38.6 Å². The molecule has 3 unspecified atom stereocenters. The van der Waals surface area contributed by atoms with Crippen LogP contribution in [-0.4, -0.2) is 73.4 Å². The molecule has 0 radical (unpaired) electrons. The number of quaternary nitrogens is 1. The van der Waals surface area contributed by atoms with Crippen molar-refractivity contribution in [3.63, 3.8) is 0 Å². The van der Waals surface area contributed by atoms with Gasteiger partial charge in [-0.2, -0.15) is 0 Å². The quantitative estimate of drug-likeness (QED) is 0.149. The zero-order valence-corrected chi connectivity index (χ0v) is 23.2. The number of ether oxygens (including phenoxy) is 1. The van der Waals surface area contributed by atoms with E-state index >= 15 is 0 Å². The molecular formula is C23H47NO8P+. The number of carboxylic acids is 1. The maximum absolute atomic E-state index is 13.0. The molecule has 0 aliphatic heterocycles. The van der Waals surface area contributed by atoms with Crippen molar-refractivity contribution in [2.75, 3.05) is 47.0 Å². The molecule has 2 N–H and O–H groups in total. The summed E-state index contributed by atoms with van der Waals surface area (Å²) in [5.41, 5.74) is -2.09. The van der Waals surface area contributed by atoms with Gasteiger partial charge in [-0.1, -0.05) is 41.5 Å². The van der Waals surface area contributed by atoms with Crippen molar-refractivity contribution in [1.29, 1.82) is 0 Å². The highest BCUT2D eigenvalue weighted by Crippen LogP contribution is 2.49. The minimum Gasteiger partial charge on any atom is -0.481 e. The van der Waals surface area contributed by atoms with Crippen LogP contribution in [-0.2, 0) is 27.9 Å². The molecule has 0 rings (SSSR count). The Morgan fingerprint density at radius 1 is 0.970 bits per heavy atom. The lowest BCUT2D eigenvalue weighted by molar-refractivity contribution is -0.888. The standard InChI is InChI=1S/C23H46NO8P/c1-11-23(8,22(6,7)17-18(19(25)26)21(3,4)5)20(27)30-15-16-32-33(28,29)31-14-13-24(9,10)12-2/h18H,11-17H2,1-10H3,(H-,25,26,28,29)/p+1. The minimum atomic E-state index is -4.24. The molecule has 0 aliphatic carbocycles.